The van der Waals surface area contributed by atoms with Gasteiger partial charge in [-0.2, -0.15) is 0 Å². The predicted octanol–water partition coefficient (Wildman–Crippen LogP) is 2.07. The molecule has 0 bridgehead atoms. The van der Waals surface area contributed by atoms with Crippen molar-refractivity contribution in [2.24, 2.45) is 0 Å². The van der Waals surface area contributed by atoms with E-state index in [1.807, 2.05) is 0 Å². The molecular formula is C3H5O4P2+. The van der Waals surface area contributed by atoms with Gasteiger partial charge in [-0.05, 0) is 4.31 Å². The zero-order chi connectivity index (χ0) is 7.11. The number of hydrogen-bond donors (Lipinski definition) is 0. The van der Waals surface area contributed by atoms with Crippen LogP contribution in [-0.4, -0.2) is 6.61 Å². The van der Waals surface area contributed by atoms with Crippen LogP contribution in [0.1, 0.15) is 0 Å². The van der Waals surface area contributed by atoms with Crippen LogP contribution in [0, 0.1) is 0 Å². The van der Waals surface area contributed by atoms with Crippen LogP contribution in [0.4, 0.5) is 0 Å². The summed E-state index contributed by atoms with van der Waals surface area (Å²) in [7, 11) is -2.87. The molecule has 0 aromatic heterocycles. The first-order valence-corrected chi connectivity index (χ1v) is 3.84. The summed E-state index contributed by atoms with van der Waals surface area (Å²) >= 11 is 0. The molecule has 9 heavy (non-hydrogen) atoms. The fourth-order valence-electron chi connectivity index (χ4n) is 0.164. The molecule has 0 fully saturated rings. The molecule has 0 radical (unpaired) electrons. The quantitative estimate of drug-likeness (QED) is 0.464. The van der Waals surface area contributed by atoms with Gasteiger partial charge >= 0.3 is 16.9 Å². The van der Waals surface area contributed by atoms with Gasteiger partial charge in [0, 0.05) is 4.57 Å². The Morgan fingerprint density at radius 2 is 2.44 bits per heavy atom. The van der Waals surface area contributed by atoms with Gasteiger partial charge in [0.05, 0.1) is 0 Å². The van der Waals surface area contributed by atoms with Gasteiger partial charge in [-0.3, -0.25) is 0 Å². The first-order chi connectivity index (χ1) is 4.31. The van der Waals surface area contributed by atoms with Crippen molar-refractivity contribution < 1.29 is 18.0 Å². The molecule has 0 aliphatic carbocycles. The maximum absolute atomic E-state index is 10.3. The Hall–Kier alpha value is -0.140. The molecule has 50 valence electrons. The summed E-state index contributed by atoms with van der Waals surface area (Å²) in [5.41, 5.74) is 0. The standard InChI is InChI=1S/C3H5O4P2/c1-2-3-6-9(5)7-8-4/h2H,1,3H2/q+1. The molecule has 0 heterocycles. The third-order valence-electron chi connectivity index (χ3n) is 0.398. The second kappa shape index (κ2) is 5.99. The highest BCUT2D eigenvalue weighted by atomic mass is 31.2. The van der Waals surface area contributed by atoms with Crippen molar-refractivity contribution in [2.45, 2.75) is 0 Å². The molecular weight excluding hydrogens is 162 g/mol. The van der Waals surface area contributed by atoms with Crippen LogP contribution in [0.2, 0.25) is 0 Å². The van der Waals surface area contributed by atoms with Crippen molar-refractivity contribution in [3.8, 4) is 0 Å². The summed E-state index contributed by atoms with van der Waals surface area (Å²) in [6.45, 7) is 3.43. The predicted molar refractivity (Wildman–Crippen MR) is 32.4 cm³/mol. The van der Waals surface area contributed by atoms with E-state index in [0.717, 1.165) is 0 Å². The summed E-state index contributed by atoms with van der Waals surface area (Å²) in [5, 5.41) is 0. The maximum atomic E-state index is 10.3. The minimum Gasteiger partial charge on any atom is -0.236 e. The highest BCUT2D eigenvalue weighted by Gasteiger charge is 2.18. The van der Waals surface area contributed by atoms with E-state index in [2.05, 4.69) is 15.4 Å². The van der Waals surface area contributed by atoms with Crippen LogP contribution >= 0.6 is 16.9 Å². The molecule has 0 amide bonds. The van der Waals surface area contributed by atoms with E-state index in [4.69, 9.17) is 0 Å². The number of hydrogen-bond acceptors (Lipinski definition) is 4. The van der Waals surface area contributed by atoms with Gasteiger partial charge in [-0.15, -0.1) is 11.1 Å². The molecule has 0 spiro atoms. The van der Waals surface area contributed by atoms with E-state index < -0.39 is 16.9 Å². The summed E-state index contributed by atoms with van der Waals surface area (Å²) in [4.78, 5) is 0. The highest BCUT2D eigenvalue weighted by molar-refractivity contribution is 7.41. The van der Waals surface area contributed by atoms with E-state index in [-0.39, 0.29) is 6.61 Å². The monoisotopic (exact) mass is 167 g/mol. The summed E-state index contributed by atoms with van der Waals surface area (Å²) < 4.78 is 28.2. The molecule has 0 rings (SSSR count). The van der Waals surface area contributed by atoms with E-state index >= 15 is 0 Å². The Bertz CT molecular complexity index is 123. The fourth-order valence-corrected chi connectivity index (χ4v) is 0.798. The van der Waals surface area contributed by atoms with Crippen LogP contribution in [0.15, 0.2) is 12.7 Å². The van der Waals surface area contributed by atoms with E-state index in [9.17, 15) is 9.13 Å². The Morgan fingerprint density at radius 3 is 2.89 bits per heavy atom. The van der Waals surface area contributed by atoms with E-state index in [0.29, 0.717) is 0 Å². The lowest BCUT2D eigenvalue weighted by Crippen LogP contribution is -1.76. The summed E-state index contributed by atoms with van der Waals surface area (Å²) in [5.74, 6) is 0. The average Bonchev–Trinajstić information content (AvgIpc) is 1.85. The fraction of sp³-hybridized carbons (Fsp3) is 0.333. The number of rotatable bonds is 5. The molecule has 0 saturated carbocycles. The van der Waals surface area contributed by atoms with Gasteiger partial charge in [0.15, 0.2) is 0 Å². The van der Waals surface area contributed by atoms with Gasteiger partial charge in [-0.25, -0.2) is 4.57 Å². The first-order valence-electron chi connectivity index (χ1n) is 2.02. The molecule has 6 heteroatoms. The molecule has 0 aromatic carbocycles. The Morgan fingerprint density at radius 1 is 1.78 bits per heavy atom. The van der Waals surface area contributed by atoms with Crippen LogP contribution in [0.25, 0.3) is 0 Å². The van der Waals surface area contributed by atoms with Crippen molar-refractivity contribution in [2.75, 3.05) is 6.61 Å². The van der Waals surface area contributed by atoms with Crippen LogP contribution < -0.4 is 0 Å². The Kier molecular flexibility index (Phi) is 5.89. The molecule has 0 aromatic rings. The minimum absolute atomic E-state index is 0.130. The highest BCUT2D eigenvalue weighted by Crippen LogP contribution is 2.28. The molecule has 1 unspecified atom stereocenters. The second-order valence-corrected chi connectivity index (χ2v) is 2.47. The van der Waals surface area contributed by atoms with Crippen molar-refractivity contribution in [3.63, 3.8) is 0 Å². The summed E-state index contributed by atoms with van der Waals surface area (Å²) in [6.07, 6.45) is 1.41. The van der Waals surface area contributed by atoms with Gasteiger partial charge in [-0.1, -0.05) is 6.08 Å². The first kappa shape index (κ1) is 8.86. The Balaban J connectivity index is 3.26. The average molecular weight is 167 g/mol. The lowest BCUT2D eigenvalue weighted by atomic mass is 10.7. The van der Waals surface area contributed by atoms with Crippen molar-refractivity contribution in [3.05, 3.63) is 12.7 Å². The maximum Gasteiger partial charge on any atom is 0.709 e. The lowest BCUT2D eigenvalue weighted by Gasteiger charge is -1.74. The van der Waals surface area contributed by atoms with Crippen LogP contribution in [-0.2, 0) is 18.0 Å². The zero-order valence-electron chi connectivity index (χ0n) is 4.52. The molecule has 0 saturated heterocycles. The van der Waals surface area contributed by atoms with E-state index in [1.165, 1.54) is 6.08 Å². The van der Waals surface area contributed by atoms with Gasteiger partial charge in [0.1, 0.15) is 6.61 Å². The van der Waals surface area contributed by atoms with Gasteiger partial charge in [0.2, 0.25) is 0 Å². The van der Waals surface area contributed by atoms with Crippen molar-refractivity contribution in [1.29, 1.82) is 0 Å². The molecule has 4 nitrogen and oxygen atoms in total. The van der Waals surface area contributed by atoms with Gasteiger partial charge < -0.3 is 0 Å². The van der Waals surface area contributed by atoms with Crippen LogP contribution in [0.5, 0.6) is 0 Å². The largest absolute Gasteiger partial charge is 0.709 e. The third-order valence-corrected chi connectivity index (χ3v) is 1.56. The van der Waals surface area contributed by atoms with Crippen LogP contribution in [0.3, 0.4) is 0 Å². The Labute approximate surface area is 55.1 Å². The lowest BCUT2D eigenvalue weighted by molar-refractivity contribution is 0.323. The van der Waals surface area contributed by atoms with E-state index in [1.54, 1.807) is 0 Å². The summed E-state index contributed by atoms with van der Waals surface area (Å²) in [6, 6.07) is 0. The second-order valence-electron chi connectivity index (χ2n) is 0.964. The molecule has 1 atom stereocenters. The molecule has 0 aliphatic rings. The SMILES string of the molecule is C=CCO[P+](=O)OP=O. The minimum atomic E-state index is -2.23. The smallest absolute Gasteiger partial charge is 0.236 e. The topological polar surface area (TPSA) is 52.6 Å². The molecule has 0 N–H and O–H groups in total. The van der Waals surface area contributed by atoms with Crippen molar-refractivity contribution in [1.82, 2.24) is 0 Å². The zero-order valence-corrected chi connectivity index (χ0v) is 6.31. The normalized spacial score (nSPS) is 11.3. The third kappa shape index (κ3) is 5.74. The van der Waals surface area contributed by atoms with Crippen molar-refractivity contribution >= 4 is 16.9 Å². The molecule has 0 aliphatic heterocycles. The van der Waals surface area contributed by atoms with Gasteiger partial charge in [0.25, 0.3) is 0 Å².